The number of carbonyl (C=O) groups excluding carboxylic acids is 1. The van der Waals surface area contributed by atoms with Crippen LogP contribution in [0.25, 0.3) is 0 Å². The molecule has 0 spiro atoms. The number of morpholine rings is 1. The van der Waals surface area contributed by atoms with Crippen LogP contribution in [0.1, 0.15) is 6.92 Å². The van der Waals surface area contributed by atoms with Gasteiger partial charge in [-0.05, 0) is 25.1 Å². The second kappa shape index (κ2) is 6.70. The molecule has 1 fully saturated rings. The molecular formula is C13H16BrClN2O2. The minimum Gasteiger partial charge on any atom is -0.376 e. The molecule has 1 aromatic carbocycles. The monoisotopic (exact) mass is 346 g/mol. The van der Waals surface area contributed by atoms with E-state index in [-0.39, 0.29) is 12.0 Å². The summed E-state index contributed by atoms with van der Waals surface area (Å²) in [5, 5.41) is 3.35. The summed E-state index contributed by atoms with van der Waals surface area (Å²) in [5.41, 5.74) is 0.635. The fourth-order valence-electron chi connectivity index (χ4n) is 2.02. The lowest BCUT2D eigenvalue weighted by Crippen LogP contribution is -2.44. The van der Waals surface area contributed by atoms with Crippen LogP contribution in [0.15, 0.2) is 22.7 Å². The smallest absolute Gasteiger partial charge is 0.238 e. The normalized spacial score (nSPS) is 20.3. The maximum absolute atomic E-state index is 12.0. The van der Waals surface area contributed by atoms with Gasteiger partial charge in [0.25, 0.3) is 0 Å². The molecule has 1 aromatic rings. The van der Waals surface area contributed by atoms with E-state index in [1.54, 1.807) is 12.1 Å². The van der Waals surface area contributed by atoms with Crippen LogP contribution < -0.4 is 5.32 Å². The van der Waals surface area contributed by atoms with Crippen LogP contribution in [-0.2, 0) is 9.53 Å². The van der Waals surface area contributed by atoms with Crippen LogP contribution in [0.3, 0.4) is 0 Å². The first-order valence-corrected chi connectivity index (χ1v) is 7.30. The molecule has 0 aliphatic carbocycles. The fourth-order valence-corrected chi connectivity index (χ4v) is 2.74. The number of hydrogen-bond donors (Lipinski definition) is 1. The minimum absolute atomic E-state index is 0.0571. The number of carbonyl (C=O) groups is 1. The Labute approximate surface area is 126 Å². The third-order valence-electron chi connectivity index (χ3n) is 2.90. The predicted molar refractivity (Wildman–Crippen MR) is 79.6 cm³/mol. The molecule has 1 atom stereocenters. The summed E-state index contributed by atoms with van der Waals surface area (Å²) < 4.78 is 6.33. The third kappa shape index (κ3) is 4.45. The Morgan fingerprint density at radius 3 is 3.11 bits per heavy atom. The van der Waals surface area contributed by atoms with Crippen LogP contribution in [0.2, 0.25) is 5.02 Å². The summed E-state index contributed by atoms with van der Waals surface area (Å²) in [7, 11) is 0. The number of halogens is 2. The molecule has 6 heteroatoms. The highest BCUT2D eigenvalue weighted by Gasteiger charge is 2.19. The first-order chi connectivity index (χ1) is 9.04. The molecule has 1 aliphatic heterocycles. The van der Waals surface area contributed by atoms with Crippen molar-refractivity contribution < 1.29 is 9.53 Å². The molecule has 0 saturated carbocycles. The van der Waals surface area contributed by atoms with Crippen molar-refractivity contribution in [2.24, 2.45) is 0 Å². The summed E-state index contributed by atoms with van der Waals surface area (Å²) in [6.07, 6.45) is 0.179. The van der Waals surface area contributed by atoms with Crippen molar-refractivity contribution in [1.29, 1.82) is 0 Å². The Morgan fingerprint density at radius 1 is 1.63 bits per heavy atom. The minimum atomic E-state index is -0.0571. The van der Waals surface area contributed by atoms with Crippen molar-refractivity contribution in [2.75, 3.05) is 31.6 Å². The highest BCUT2D eigenvalue weighted by Crippen LogP contribution is 2.25. The molecule has 1 aliphatic rings. The lowest BCUT2D eigenvalue weighted by Gasteiger charge is -2.30. The summed E-state index contributed by atoms with van der Waals surface area (Å²) in [6, 6.07) is 5.39. The van der Waals surface area contributed by atoms with E-state index in [4.69, 9.17) is 16.3 Å². The number of anilines is 1. The van der Waals surface area contributed by atoms with Crippen LogP contribution in [-0.4, -0.2) is 43.2 Å². The number of hydrogen-bond acceptors (Lipinski definition) is 3. The number of amides is 1. The number of benzene rings is 1. The van der Waals surface area contributed by atoms with Gasteiger partial charge in [-0.25, -0.2) is 0 Å². The van der Waals surface area contributed by atoms with Gasteiger partial charge >= 0.3 is 0 Å². The van der Waals surface area contributed by atoms with Crippen LogP contribution in [0.5, 0.6) is 0 Å². The van der Waals surface area contributed by atoms with Crippen molar-refractivity contribution in [1.82, 2.24) is 4.90 Å². The predicted octanol–water partition coefficient (Wildman–Crippen LogP) is 2.76. The third-order valence-corrected chi connectivity index (χ3v) is 3.70. The quantitative estimate of drug-likeness (QED) is 0.914. The molecule has 1 heterocycles. The molecule has 1 N–H and O–H groups in total. The van der Waals surface area contributed by atoms with E-state index in [0.717, 1.165) is 17.6 Å². The summed E-state index contributed by atoms with van der Waals surface area (Å²) in [4.78, 5) is 14.0. The van der Waals surface area contributed by atoms with E-state index in [1.807, 2.05) is 13.0 Å². The zero-order valence-corrected chi connectivity index (χ0v) is 13.0. The molecule has 0 aromatic heterocycles. The molecular weight excluding hydrogens is 332 g/mol. The van der Waals surface area contributed by atoms with E-state index in [0.29, 0.717) is 23.9 Å². The van der Waals surface area contributed by atoms with Gasteiger partial charge in [0.05, 0.1) is 30.0 Å². The number of nitrogens with zero attached hydrogens (tertiary/aromatic N) is 1. The zero-order chi connectivity index (χ0) is 13.8. The maximum Gasteiger partial charge on any atom is 0.238 e. The summed E-state index contributed by atoms with van der Waals surface area (Å²) in [5.74, 6) is -0.0571. The Hall–Kier alpha value is -0.620. The molecule has 0 bridgehead atoms. The van der Waals surface area contributed by atoms with Gasteiger partial charge in [0.15, 0.2) is 0 Å². The lowest BCUT2D eigenvalue weighted by atomic mass is 10.3. The van der Waals surface area contributed by atoms with E-state index in [2.05, 4.69) is 26.1 Å². The van der Waals surface area contributed by atoms with Gasteiger partial charge in [-0.15, -0.1) is 0 Å². The van der Waals surface area contributed by atoms with E-state index in [1.165, 1.54) is 0 Å². The van der Waals surface area contributed by atoms with E-state index >= 15 is 0 Å². The van der Waals surface area contributed by atoms with Gasteiger partial charge in [0.2, 0.25) is 5.91 Å². The van der Waals surface area contributed by atoms with Crippen LogP contribution in [0.4, 0.5) is 5.69 Å². The van der Waals surface area contributed by atoms with Gasteiger partial charge in [0.1, 0.15) is 0 Å². The molecule has 104 valence electrons. The van der Waals surface area contributed by atoms with Gasteiger partial charge in [-0.1, -0.05) is 27.5 Å². The molecule has 19 heavy (non-hydrogen) atoms. The van der Waals surface area contributed by atoms with Gasteiger partial charge in [0, 0.05) is 17.6 Å². The standard InChI is InChI=1S/C13H16BrClN2O2/c1-9-7-17(4-5-19-9)8-13(18)16-12-3-2-10(14)6-11(12)15/h2-3,6,9H,4-5,7-8H2,1H3,(H,16,18). The fraction of sp³-hybridized carbons (Fsp3) is 0.462. The van der Waals surface area contributed by atoms with Crippen molar-refractivity contribution in [3.63, 3.8) is 0 Å². The van der Waals surface area contributed by atoms with Gasteiger partial charge < -0.3 is 10.1 Å². The van der Waals surface area contributed by atoms with Crippen LogP contribution >= 0.6 is 27.5 Å². The Balaban J connectivity index is 1.90. The van der Waals surface area contributed by atoms with E-state index < -0.39 is 0 Å². The van der Waals surface area contributed by atoms with Crippen molar-refractivity contribution >= 4 is 39.1 Å². The average molecular weight is 348 g/mol. The van der Waals surface area contributed by atoms with Gasteiger partial charge in [-0.2, -0.15) is 0 Å². The largest absolute Gasteiger partial charge is 0.376 e. The molecule has 1 saturated heterocycles. The van der Waals surface area contributed by atoms with Crippen molar-refractivity contribution in [3.05, 3.63) is 27.7 Å². The number of nitrogens with one attached hydrogen (secondary N) is 1. The highest BCUT2D eigenvalue weighted by molar-refractivity contribution is 9.10. The van der Waals surface area contributed by atoms with Crippen molar-refractivity contribution in [2.45, 2.75) is 13.0 Å². The Kier molecular flexibility index (Phi) is 5.21. The van der Waals surface area contributed by atoms with Gasteiger partial charge in [-0.3, -0.25) is 9.69 Å². The number of ether oxygens (including phenoxy) is 1. The second-order valence-electron chi connectivity index (χ2n) is 4.59. The number of rotatable bonds is 3. The Morgan fingerprint density at radius 2 is 2.42 bits per heavy atom. The average Bonchev–Trinajstić information content (AvgIpc) is 2.33. The van der Waals surface area contributed by atoms with Crippen molar-refractivity contribution in [3.8, 4) is 0 Å². The second-order valence-corrected chi connectivity index (χ2v) is 5.91. The maximum atomic E-state index is 12.0. The highest BCUT2D eigenvalue weighted by atomic mass is 79.9. The lowest BCUT2D eigenvalue weighted by molar-refractivity contribution is -0.119. The first kappa shape index (κ1) is 14.8. The summed E-state index contributed by atoms with van der Waals surface area (Å²) >= 11 is 9.39. The zero-order valence-electron chi connectivity index (χ0n) is 10.7. The molecule has 4 nitrogen and oxygen atoms in total. The SMILES string of the molecule is CC1CN(CC(=O)Nc2ccc(Br)cc2Cl)CCO1. The topological polar surface area (TPSA) is 41.6 Å². The van der Waals surface area contributed by atoms with Crippen LogP contribution in [0, 0.1) is 0 Å². The molecule has 1 amide bonds. The molecule has 1 unspecified atom stereocenters. The first-order valence-electron chi connectivity index (χ1n) is 6.13. The van der Waals surface area contributed by atoms with E-state index in [9.17, 15) is 4.79 Å². The Bertz CT molecular complexity index is 470. The molecule has 0 radical (unpaired) electrons. The molecule has 2 rings (SSSR count). The summed E-state index contributed by atoms with van der Waals surface area (Å²) in [6.45, 7) is 4.61.